The molecule has 8 heteroatoms. The van der Waals surface area contributed by atoms with Crippen LogP contribution in [0.25, 0.3) is 0 Å². The molecule has 1 amide bonds. The Morgan fingerprint density at radius 3 is 2.86 bits per heavy atom. The summed E-state index contributed by atoms with van der Waals surface area (Å²) >= 11 is 0. The second-order valence-electron chi connectivity index (χ2n) is 6.81. The molecule has 0 radical (unpaired) electrons. The summed E-state index contributed by atoms with van der Waals surface area (Å²) in [5.74, 6) is 1.32. The molecule has 29 heavy (non-hydrogen) atoms. The lowest BCUT2D eigenvalue weighted by molar-refractivity contribution is -0.118. The van der Waals surface area contributed by atoms with Gasteiger partial charge >= 0.3 is 0 Å². The monoisotopic (exact) mass is 396 g/mol. The van der Waals surface area contributed by atoms with Gasteiger partial charge in [-0.2, -0.15) is 4.98 Å². The van der Waals surface area contributed by atoms with Crippen LogP contribution in [0.1, 0.15) is 23.7 Å². The summed E-state index contributed by atoms with van der Waals surface area (Å²) < 4.78 is 26.2. The predicted octanol–water partition coefficient (Wildman–Crippen LogP) is 3.17. The van der Waals surface area contributed by atoms with Crippen LogP contribution >= 0.6 is 0 Å². The summed E-state index contributed by atoms with van der Waals surface area (Å²) in [6, 6.07) is 14.1. The van der Waals surface area contributed by atoms with Crippen molar-refractivity contribution in [3.63, 3.8) is 0 Å². The lowest BCUT2D eigenvalue weighted by Gasteiger charge is -2.23. The van der Waals surface area contributed by atoms with Crippen molar-refractivity contribution in [1.82, 2.24) is 14.8 Å². The number of carbonyl (C=O) groups is 1. The molecule has 2 heterocycles. The van der Waals surface area contributed by atoms with Crippen LogP contribution in [-0.2, 0) is 17.8 Å². The number of fused-ring (bicyclic) bond motifs is 1. The molecule has 7 nitrogen and oxygen atoms in total. The molecule has 0 bridgehead atoms. The van der Waals surface area contributed by atoms with E-state index in [1.165, 1.54) is 13.2 Å². The fourth-order valence-electron chi connectivity index (χ4n) is 3.40. The fraction of sp³-hybridized carbons (Fsp3) is 0.286. The standard InChI is InChI=1S/C21H21FN4O3/c1-28-18-9-7-14(11-17(18)22)15-8-10-19-23-21(25-26(19)12-15)24-20(27)13-29-16-5-3-2-4-6-16/h2-7,9,11,15H,8,10,12-13H2,1H3,(H,24,25,27). The molecule has 0 aliphatic carbocycles. The summed E-state index contributed by atoms with van der Waals surface area (Å²) in [5, 5.41) is 7.04. The molecule has 1 atom stereocenters. The Morgan fingerprint density at radius 2 is 2.10 bits per heavy atom. The number of aryl methyl sites for hydroxylation is 1. The lowest BCUT2D eigenvalue weighted by Crippen LogP contribution is -2.21. The Morgan fingerprint density at radius 1 is 1.28 bits per heavy atom. The van der Waals surface area contributed by atoms with Crippen molar-refractivity contribution < 1.29 is 18.7 Å². The molecule has 150 valence electrons. The topological polar surface area (TPSA) is 78.3 Å². The van der Waals surface area contributed by atoms with Crippen molar-refractivity contribution in [2.45, 2.75) is 25.3 Å². The van der Waals surface area contributed by atoms with Gasteiger partial charge in [0.1, 0.15) is 11.6 Å². The highest BCUT2D eigenvalue weighted by Crippen LogP contribution is 2.30. The zero-order valence-corrected chi connectivity index (χ0v) is 16.0. The number of amides is 1. The second kappa shape index (κ2) is 8.30. The van der Waals surface area contributed by atoms with E-state index >= 15 is 0 Å². The highest BCUT2D eigenvalue weighted by molar-refractivity contribution is 5.90. The van der Waals surface area contributed by atoms with Gasteiger partial charge < -0.3 is 9.47 Å². The molecule has 2 aromatic carbocycles. The molecular weight excluding hydrogens is 375 g/mol. The van der Waals surface area contributed by atoms with Crippen molar-refractivity contribution in [2.24, 2.45) is 0 Å². The van der Waals surface area contributed by atoms with Crippen LogP contribution < -0.4 is 14.8 Å². The molecule has 0 spiro atoms. The quantitative estimate of drug-likeness (QED) is 0.692. The first-order chi connectivity index (χ1) is 14.1. The van der Waals surface area contributed by atoms with Gasteiger partial charge in [-0.05, 0) is 36.2 Å². The van der Waals surface area contributed by atoms with Gasteiger partial charge in [0.15, 0.2) is 18.2 Å². The Bertz CT molecular complexity index is 1010. The van der Waals surface area contributed by atoms with Gasteiger partial charge in [-0.25, -0.2) is 9.07 Å². The van der Waals surface area contributed by atoms with Crippen LogP contribution in [0.3, 0.4) is 0 Å². The molecular formula is C21H21FN4O3. The Balaban J connectivity index is 1.38. The van der Waals surface area contributed by atoms with E-state index in [2.05, 4.69) is 15.4 Å². The smallest absolute Gasteiger partial charge is 0.264 e. The fourth-order valence-corrected chi connectivity index (χ4v) is 3.40. The van der Waals surface area contributed by atoms with Crippen LogP contribution in [0.15, 0.2) is 48.5 Å². The Hall–Kier alpha value is -3.42. The van der Waals surface area contributed by atoms with Crippen molar-refractivity contribution in [3.8, 4) is 11.5 Å². The molecule has 1 N–H and O–H groups in total. The van der Waals surface area contributed by atoms with Crippen LogP contribution in [0.5, 0.6) is 11.5 Å². The SMILES string of the molecule is COc1ccc(C2CCc3nc(NC(=O)COc4ccccc4)nn3C2)cc1F. The second-order valence-corrected chi connectivity index (χ2v) is 6.81. The zero-order chi connectivity index (χ0) is 20.2. The molecule has 4 rings (SSSR count). The van der Waals surface area contributed by atoms with Crippen LogP contribution in [-0.4, -0.2) is 34.4 Å². The maximum absolute atomic E-state index is 14.0. The molecule has 1 aromatic heterocycles. The van der Waals surface area contributed by atoms with E-state index in [4.69, 9.17) is 9.47 Å². The molecule has 3 aromatic rings. The van der Waals surface area contributed by atoms with E-state index in [-0.39, 0.29) is 35.9 Å². The minimum Gasteiger partial charge on any atom is -0.494 e. The predicted molar refractivity (Wildman–Crippen MR) is 105 cm³/mol. The van der Waals surface area contributed by atoms with Gasteiger partial charge in [0, 0.05) is 18.9 Å². The molecule has 1 unspecified atom stereocenters. The van der Waals surface area contributed by atoms with Crippen LogP contribution in [0, 0.1) is 5.82 Å². The van der Waals surface area contributed by atoms with E-state index in [1.54, 1.807) is 22.9 Å². The number of nitrogens with one attached hydrogen (secondary N) is 1. The summed E-state index contributed by atoms with van der Waals surface area (Å²) in [5.41, 5.74) is 0.895. The number of nitrogens with zero attached hydrogens (tertiary/aromatic N) is 3. The maximum Gasteiger partial charge on any atom is 0.264 e. The third-order valence-corrected chi connectivity index (χ3v) is 4.87. The van der Waals surface area contributed by atoms with Crippen molar-refractivity contribution in [2.75, 3.05) is 19.0 Å². The average Bonchev–Trinajstić information content (AvgIpc) is 3.14. The number of carbonyl (C=O) groups excluding carboxylic acids is 1. The number of halogens is 1. The van der Waals surface area contributed by atoms with Crippen LogP contribution in [0.4, 0.5) is 10.3 Å². The minimum atomic E-state index is -0.374. The Kier molecular flexibility index (Phi) is 5.41. The first-order valence-corrected chi connectivity index (χ1v) is 9.37. The van der Waals surface area contributed by atoms with E-state index in [9.17, 15) is 9.18 Å². The molecule has 0 saturated heterocycles. The summed E-state index contributed by atoms with van der Waals surface area (Å²) in [7, 11) is 1.45. The maximum atomic E-state index is 14.0. The number of aromatic nitrogens is 3. The van der Waals surface area contributed by atoms with Crippen LogP contribution in [0.2, 0.25) is 0 Å². The minimum absolute atomic E-state index is 0.120. The zero-order valence-electron chi connectivity index (χ0n) is 16.0. The average molecular weight is 396 g/mol. The van der Waals surface area contributed by atoms with Gasteiger partial charge in [-0.15, -0.1) is 5.10 Å². The van der Waals surface area contributed by atoms with Crippen molar-refractivity contribution >= 4 is 11.9 Å². The number of hydrogen-bond donors (Lipinski definition) is 1. The number of para-hydroxylation sites is 1. The molecule has 1 aliphatic heterocycles. The van der Waals surface area contributed by atoms with Gasteiger partial charge in [0.05, 0.1) is 7.11 Å². The molecule has 1 aliphatic rings. The van der Waals surface area contributed by atoms with Gasteiger partial charge in [0.25, 0.3) is 5.91 Å². The largest absolute Gasteiger partial charge is 0.494 e. The van der Waals surface area contributed by atoms with Crippen molar-refractivity contribution in [1.29, 1.82) is 0 Å². The first kappa shape index (κ1) is 18.9. The third kappa shape index (κ3) is 4.37. The number of ether oxygens (including phenoxy) is 2. The summed E-state index contributed by atoms with van der Waals surface area (Å²) in [6.07, 6.45) is 1.52. The van der Waals surface area contributed by atoms with E-state index in [0.717, 1.165) is 17.8 Å². The van der Waals surface area contributed by atoms with Gasteiger partial charge in [-0.1, -0.05) is 24.3 Å². The van der Waals surface area contributed by atoms with E-state index < -0.39 is 0 Å². The number of benzene rings is 2. The summed E-state index contributed by atoms with van der Waals surface area (Å²) in [4.78, 5) is 16.5. The lowest BCUT2D eigenvalue weighted by atomic mass is 9.91. The Labute approximate surface area is 167 Å². The van der Waals surface area contributed by atoms with Gasteiger partial charge in [-0.3, -0.25) is 10.1 Å². The van der Waals surface area contributed by atoms with E-state index in [0.29, 0.717) is 18.7 Å². The number of anilines is 1. The van der Waals surface area contributed by atoms with Crippen molar-refractivity contribution in [3.05, 3.63) is 65.7 Å². The first-order valence-electron chi connectivity index (χ1n) is 9.37. The van der Waals surface area contributed by atoms with Gasteiger partial charge in [0.2, 0.25) is 5.95 Å². The molecule has 0 saturated carbocycles. The highest BCUT2D eigenvalue weighted by Gasteiger charge is 2.24. The summed E-state index contributed by atoms with van der Waals surface area (Å²) in [6.45, 7) is 0.451. The number of methoxy groups -OCH3 is 1. The van der Waals surface area contributed by atoms with E-state index in [1.807, 2.05) is 24.3 Å². The normalized spacial score (nSPS) is 15.4. The highest BCUT2D eigenvalue weighted by atomic mass is 19.1. The molecule has 0 fully saturated rings. The third-order valence-electron chi connectivity index (χ3n) is 4.87. The number of hydrogen-bond acceptors (Lipinski definition) is 5. The number of rotatable bonds is 6.